The van der Waals surface area contributed by atoms with Crippen molar-refractivity contribution in [3.05, 3.63) is 70.9 Å². The fourth-order valence-corrected chi connectivity index (χ4v) is 2.62. The summed E-state index contributed by atoms with van der Waals surface area (Å²) in [5, 5.41) is 5.10. The van der Waals surface area contributed by atoms with Crippen LogP contribution in [0.4, 0.5) is 15.3 Å². The van der Waals surface area contributed by atoms with Crippen molar-refractivity contribution in [1.82, 2.24) is 5.32 Å². The number of methoxy groups -OCH3 is 1. The van der Waals surface area contributed by atoms with Crippen molar-refractivity contribution in [3.8, 4) is 0 Å². The summed E-state index contributed by atoms with van der Waals surface area (Å²) in [5.74, 6) is -0.727. The van der Waals surface area contributed by atoms with Crippen molar-refractivity contribution in [2.45, 2.75) is 39.9 Å². The lowest BCUT2D eigenvalue weighted by atomic mass is 10.1. The number of anilines is 1. The summed E-state index contributed by atoms with van der Waals surface area (Å²) in [7, 11) is 1.21. The van der Waals surface area contributed by atoms with Gasteiger partial charge in [-0.15, -0.1) is 0 Å². The minimum atomic E-state index is -0.787. The summed E-state index contributed by atoms with van der Waals surface area (Å²) in [6, 6.07) is 14.3. The van der Waals surface area contributed by atoms with E-state index in [0.717, 1.165) is 11.1 Å². The van der Waals surface area contributed by atoms with Gasteiger partial charge in [-0.3, -0.25) is 10.6 Å². The number of benzene rings is 2. The summed E-state index contributed by atoms with van der Waals surface area (Å²) in [6.45, 7) is 7.19. The second-order valence-corrected chi connectivity index (χ2v) is 7.94. The van der Waals surface area contributed by atoms with E-state index in [1.165, 1.54) is 13.2 Å². The first-order valence-electron chi connectivity index (χ1n) is 9.96. The molecular formula is C24H28N2O6. The summed E-state index contributed by atoms with van der Waals surface area (Å²) in [4.78, 5) is 36.3. The summed E-state index contributed by atoms with van der Waals surface area (Å²) < 4.78 is 15.2. The Morgan fingerprint density at radius 3 is 2.28 bits per heavy atom. The van der Waals surface area contributed by atoms with Crippen molar-refractivity contribution in [2.24, 2.45) is 0 Å². The summed E-state index contributed by atoms with van der Waals surface area (Å²) in [6.07, 6.45) is 0.104. The summed E-state index contributed by atoms with van der Waals surface area (Å²) >= 11 is 0. The number of carbonyl (C=O) groups is 3. The van der Waals surface area contributed by atoms with Crippen molar-refractivity contribution in [3.63, 3.8) is 0 Å². The lowest BCUT2D eigenvalue weighted by Crippen LogP contribution is -2.28. The molecule has 8 heteroatoms. The first-order valence-corrected chi connectivity index (χ1v) is 9.96. The summed E-state index contributed by atoms with van der Waals surface area (Å²) in [5.41, 5.74) is 2.03. The molecule has 0 radical (unpaired) electrons. The number of nitrogens with one attached hydrogen (secondary N) is 2. The first-order chi connectivity index (χ1) is 15.1. The van der Waals surface area contributed by atoms with Crippen LogP contribution in [0, 0.1) is 6.92 Å². The molecule has 0 unspecified atom stereocenters. The van der Waals surface area contributed by atoms with Crippen LogP contribution in [0.25, 0.3) is 6.08 Å². The fraction of sp³-hybridized carbons (Fsp3) is 0.292. The fourth-order valence-electron chi connectivity index (χ4n) is 2.62. The Labute approximate surface area is 187 Å². The van der Waals surface area contributed by atoms with Crippen LogP contribution < -0.4 is 10.6 Å². The number of esters is 1. The minimum Gasteiger partial charge on any atom is -0.464 e. The van der Waals surface area contributed by atoms with E-state index < -0.39 is 23.8 Å². The lowest BCUT2D eigenvalue weighted by molar-refractivity contribution is -0.136. The van der Waals surface area contributed by atoms with Gasteiger partial charge in [-0.2, -0.15) is 0 Å². The number of amides is 2. The smallest absolute Gasteiger partial charge is 0.412 e. The molecule has 170 valence electrons. The molecule has 2 rings (SSSR count). The molecule has 2 aromatic rings. The minimum absolute atomic E-state index is 0.0608. The van der Waals surface area contributed by atoms with Gasteiger partial charge in [0.2, 0.25) is 0 Å². The van der Waals surface area contributed by atoms with Crippen LogP contribution in [-0.2, 0) is 25.6 Å². The highest BCUT2D eigenvalue weighted by Crippen LogP contribution is 2.20. The zero-order valence-electron chi connectivity index (χ0n) is 18.9. The van der Waals surface area contributed by atoms with Gasteiger partial charge in [0.05, 0.1) is 7.11 Å². The van der Waals surface area contributed by atoms with E-state index in [-0.39, 0.29) is 12.3 Å². The Bertz CT molecular complexity index is 993. The second kappa shape index (κ2) is 11.0. The molecule has 0 heterocycles. The molecule has 0 aliphatic heterocycles. The average molecular weight is 440 g/mol. The molecule has 2 aromatic carbocycles. The van der Waals surface area contributed by atoms with Crippen molar-refractivity contribution in [2.75, 3.05) is 12.4 Å². The van der Waals surface area contributed by atoms with E-state index in [1.807, 2.05) is 30.3 Å². The van der Waals surface area contributed by atoms with Crippen LogP contribution in [0.2, 0.25) is 0 Å². The van der Waals surface area contributed by atoms with E-state index in [0.29, 0.717) is 11.3 Å². The van der Waals surface area contributed by atoms with Crippen molar-refractivity contribution >= 4 is 29.9 Å². The normalized spacial score (nSPS) is 11.3. The molecule has 8 nitrogen and oxygen atoms in total. The molecule has 0 aromatic heterocycles. The van der Waals surface area contributed by atoms with Crippen molar-refractivity contribution in [1.29, 1.82) is 0 Å². The maximum atomic E-state index is 12.2. The van der Waals surface area contributed by atoms with Gasteiger partial charge >= 0.3 is 18.2 Å². The highest BCUT2D eigenvalue weighted by Gasteiger charge is 2.17. The number of rotatable bonds is 6. The molecule has 0 bridgehead atoms. The first kappa shape index (κ1) is 24.5. The quantitative estimate of drug-likeness (QED) is 0.381. The van der Waals surface area contributed by atoms with Crippen LogP contribution in [-0.4, -0.2) is 30.9 Å². The molecule has 0 fully saturated rings. The molecule has 2 amide bonds. The SMILES string of the molecule is COC(=O)C(=Cc1ccc(NC(=O)OC(C)(C)C)c(C)c1)NC(=O)OCc1ccccc1. The molecule has 0 saturated carbocycles. The van der Waals surface area contributed by atoms with E-state index in [1.54, 1.807) is 45.9 Å². The third-order valence-electron chi connectivity index (χ3n) is 4.05. The lowest BCUT2D eigenvalue weighted by Gasteiger charge is -2.20. The molecule has 0 aliphatic carbocycles. The van der Waals surface area contributed by atoms with Gasteiger partial charge in [-0.05, 0) is 62.6 Å². The van der Waals surface area contributed by atoms with Gasteiger partial charge in [0.1, 0.15) is 17.9 Å². The van der Waals surface area contributed by atoms with Gasteiger partial charge in [-0.1, -0.05) is 36.4 Å². The third kappa shape index (κ3) is 8.14. The number of alkyl carbamates (subject to hydrolysis) is 1. The topological polar surface area (TPSA) is 103 Å². The van der Waals surface area contributed by atoms with E-state index in [4.69, 9.17) is 14.2 Å². The average Bonchev–Trinajstić information content (AvgIpc) is 2.72. The Morgan fingerprint density at radius 2 is 1.69 bits per heavy atom. The van der Waals surface area contributed by atoms with Gasteiger partial charge < -0.3 is 14.2 Å². The molecule has 0 saturated heterocycles. The highest BCUT2D eigenvalue weighted by molar-refractivity contribution is 5.97. The van der Waals surface area contributed by atoms with Gasteiger partial charge in [0.15, 0.2) is 0 Å². The Balaban J connectivity index is 2.10. The van der Waals surface area contributed by atoms with Crippen LogP contribution >= 0.6 is 0 Å². The molecular weight excluding hydrogens is 412 g/mol. The Morgan fingerprint density at radius 1 is 1.00 bits per heavy atom. The molecule has 0 spiro atoms. The number of hydrogen-bond acceptors (Lipinski definition) is 6. The van der Waals surface area contributed by atoms with Gasteiger partial charge in [0.25, 0.3) is 0 Å². The zero-order chi connectivity index (χ0) is 23.7. The standard InChI is InChI=1S/C24H28N2O6/c1-16-13-18(11-12-19(16)25-23(29)32-24(2,3)4)14-20(21(27)30-5)26-22(28)31-15-17-9-7-6-8-10-17/h6-14H,15H2,1-5H3,(H,25,29)(H,26,28). The molecule has 32 heavy (non-hydrogen) atoms. The highest BCUT2D eigenvalue weighted by atomic mass is 16.6. The monoisotopic (exact) mass is 440 g/mol. The number of ether oxygens (including phenoxy) is 3. The predicted octanol–water partition coefficient (Wildman–Crippen LogP) is 4.78. The van der Waals surface area contributed by atoms with Crippen molar-refractivity contribution < 1.29 is 28.6 Å². The van der Waals surface area contributed by atoms with Crippen LogP contribution in [0.5, 0.6) is 0 Å². The van der Waals surface area contributed by atoms with Crippen LogP contribution in [0.1, 0.15) is 37.5 Å². The Hall–Kier alpha value is -3.81. The number of hydrogen-bond donors (Lipinski definition) is 2. The van der Waals surface area contributed by atoms with E-state index in [2.05, 4.69) is 10.6 Å². The second-order valence-electron chi connectivity index (χ2n) is 7.94. The number of aryl methyl sites for hydroxylation is 1. The van der Waals surface area contributed by atoms with Gasteiger partial charge in [-0.25, -0.2) is 14.4 Å². The molecule has 0 atom stereocenters. The molecule has 2 N–H and O–H groups in total. The van der Waals surface area contributed by atoms with Crippen LogP contribution in [0.15, 0.2) is 54.2 Å². The van der Waals surface area contributed by atoms with E-state index in [9.17, 15) is 14.4 Å². The Kier molecular flexibility index (Phi) is 8.40. The third-order valence-corrected chi connectivity index (χ3v) is 4.05. The maximum absolute atomic E-state index is 12.2. The number of carbonyl (C=O) groups excluding carboxylic acids is 3. The largest absolute Gasteiger partial charge is 0.464 e. The van der Waals surface area contributed by atoms with Gasteiger partial charge in [0, 0.05) is 5.69 Å². The molecule has 0 aliphatic rings. The zero-order valence-corrected chi connectivity index (χ0v) is 18.9. The van der Waals surface area contributed by atoms with E-state index >= 15 is 0 Å². The predicted molar refractivity (Wildman–Crippen MR) is 121 cm³/mol. The van der Waals surface area contributed by atoms with Crippen LogP contribution in [0.3, 0.4) is 0 Å². The maximum Gasteiger partial charge on any atom is 0.412 e.